The van der Waals surface area contributed by atoms with Gasteiger partial charge in [-0.3, -0.25) is 13.9 Å². The second-order valence-corrected chi connectivity index (χ2v) is 12.7. The SMILES string of the molecule is Cn1c(=O)n(C(c2ccccc2)(c2ccccc2)c2ccccc2)c2ncc(-c3cccc(C(=O)NCCCc4ccc(C(F)(F)F)cc4)c3)cc21. The predicted octanol–water partition coefficient (Wildman–Crippen LogP) is 8.62. The molecule has 2 heterocycles. The van der Waals surface area contributed by atoms with Crippen molar-refractivity contribution in [3.05, 3.63) is 196 Å². The predicted molar refractivity (Wildman–Crippen MR) is 197 cm³/mol. The summed E-state index contributed by atoms with van der Waals surface area (Å²) in [5, 5.41) is 2.91. The third-order valence-corrected chi connectivity index (χ3v) is 9.48. The number of amides is 1. The molecule has 0 saturated carbocycles. The van der Waals surface area contributed by atoms with Crippen LogP contribution in [0.5, 0.6) is 0 Å². The van der Waals surface area contributed by atoms with E-state index in [-0.39, 0.29) is 11.6 Å². The number of alkyl halides is 3. The van der Waals surface area contributed by atoms with E-state index in [1.165, 1.54) is 12.1 Å². The van der Waals surface area contributed by atoms with Crippen molar-refractivity contribution < 1.29 is 18.0 Å². The summed E-state index contributed by atoms with van der Waals surface area (Å²) in [6.07, 6.45) is -1.55. The van der Waals surface area contributed by atoms with Crippen molar-refractivity contribution in [3.8, 4) is 11.1 Å². The lowest BCUT2D eigenvalue weighted by Gasteiger charge is -2.36. The van der Waals surface area contributed by atoms with Crippen molar-refractivity contribution in [1.29, 1.82) is 0 Å². The van der Waals surface area contributed by atoms with E-state index in [0.717, 1.165) is 45.5 Å². The summed E-state index contributed by atoms with van der Waals surface area (Å²) in [7, 11) is 1.74. The van der Waals surface area contributed by atoms with E-state index in [1.807, 2.05) is 103 Å². The Morgan fingerprint density at radius 3 is 1.83 bits per heavy atom. The van der Waals surface area contributed by atoms with Gasteiger partial charge in [-0.25, -0.2) is 9.78 Å². The molecule has 2 aromatic heterocycles. The highest BCUT2D eigenvalue weighted by Crippen LogP contribution is 2.41. The van der Waals surface area contributed by atoms with Crippen molar-refractivity contribution in [2.45, 2.75) is 24.6 Å². The number of aryl methyl sites for hydroxylation is 2. The third kappa shape index (κ3) is 6.41. The van der Waals surface area contributed by atoms with E-state index in [2.05, 4.69) is 5.32 Å². The summed E-state index contributed by atoms with van der Waals surface area (Å²) in [5.41, 5.74) is 4.62. The second kappa shape index (κ2) is 14.2. The molecular formula is C43H35F3N4O2. The fourth-order valence-electron chi connectivity index (χ4n) is 6.89. The molecule has 0 radical (unpaired) electrons. The molecule has 1 amide bonds. The van der Waals surface area contributed by atoms with Gasteiger partial charge in [0.25, 0.3) is 5.91 Å². The van der Waals surface area contributed by atoms with Gasteiger partial charge in [0.05, 0.1) is 11.1 Å². The van der Waals surface area contributed by atoms with Crippen LogP contribution in [0.3, 0.4) is 0 Å². The Bertz CT molecular complexity index is 2290. The molecule has 7 aromatic rings. The molecule has 0 fully saturated rings. The van der Waals surface area contributed by atoms with Crippen molar-refractivity contribution >= 4 is 17.1 Å². The molecule has 0 atom stereocenters. The van der Waals surface area contributed by atoms with Crippen molar-refractivity contribution in [2.75, 3.05) is 6.54 Å². The van der Waals surface area contributed by atoms with Crippen LogP contribution in [0.4, 0.5) is 13.2 Å². The Labute approximate surface area is 298 Å². The molecule has 0 aliphatic heterocycles. The molecule has 0 unspecified atom stereocenters. The third-order valence-electron chi connectivity index (χ3n) is 9.48. The lowest BCUT2D eigenvalue weighted by Crippen LogP contribution is -2.44. The number of halogens is 3. The highest BCUT2D eigenvalue weighted by atomic mass is 19.4. The minimum Gasteiger partial charge on any atom is -0.352 e. The first-order chi connectivity index (χ1) is 25.2. The highest BCUT2D eigenvalue weighted by Gasteiger charge is 2.42. The number of hydrogen-bond acceptors (Lipinski definition) is 3. The molecule has 7 rings (SSSR count). The Morgan fingerprint density at radius 2 is 1.27 bits per heavy atom. The molecule has 0 aliphatic rings. The topological polar surface area (TPSA) is 68.9 Å². The van der Waals surface area contributed by atoms with Crippen LogP contribution in [-0.4, -0.2) is 26.6 Å². The summed E-state index contributed by atoms with van der Waals surface area (Å²) < 4.78 is 42.0. The maximum Gasteiger partial charge on any atom is 0.416 e. The smallest absolute Gasteiger partial charge is 0.352 e. The molecule has 0 bridgehead atoms. The van der Waals surface area contributed by atoms with Crippen molar-refractivity contribution in [3.63, 3.8) is 0 Å². The number of fused-ring (bicyclic) bond motifs is 1. The van der Waals surface area contributed by atoms with Gasteiger partial charge in [-0.1, -0.05) is 115 Å². The summed E-state index contributed by atoms with van der Waals surface area (Å²) in [4.78, 5) is 32.6. The zero-order valence-electron chi connectivity index (χ0n) is 28.3. The van der Waals surface area contributed by atoms with E-state index in [9.17, 15) is 22.8 Å². The molecule has 0 saturated heterocycles. The molecule has 9 heteroatoms. The molecule has 1 N–H and O–H groups in total. The number of nitrogens with one attached hydrogen (secondary N) is 1. The van der Waals surface area contributed by atoms with E-state index in [0.29, 0.717) is 36.1 Å². The summed E-state index contributed by atoms with van der Waals surface area (Å²) in [6.45, 7) is 0.360. The van der Waals surface area contributed by atoms with Crippen LogP contribution in [0.25, 0.3) is 22.3 Å². The van der Waals surface area contributed by atoms with Crippen LogP contribution in [0.1, 0.15) is 44.6 Å². The molecule has 260 valence electrons. The maximum atomic E-state index is 14.5. The largest absolute Gasteiger partial charge is 0.416 e. The van der Waals surface area contributed by atoms with Crippen LogP contribution in [0.15, 0.2) is 157 Å². The molecule has 6 nitrogen and oxygen atoms in total. The summed E-state index contributed by atoms with van der Waals surface area (Å²) in [5.74, 6) is -0.264. The van der Waals surface area contributed by atoms with Gasteiger partial charge in [0, 0.05) is 30.9 Å². The number of imidazole rings is 1. The number of carbonyl (C=O) groups is 1. The van der Waals surface area contributed by atoms with E-state index >= 15 is 0 Å². The Balaban J connectivity index is 1.20. The van der Waals surface area contributed by atoms with Gasteiger partial charge in [-0.2, -0.15) is 13.2 Å². The van der Waals surface area contributed by atoms with Gasteiger partial charge >= 0.3 is 11.9 Å². The van der Waals surface area contributed by atoms with Crippen LogP contribution in [0.2, 0.25) is 0 Å². The minimum atomic E-state index is -4.37. The van der Waals surface area contributed by atoms with Crippen LogP contribution >= 0.6 is 0 Å². The van der Waals surface area contributed by atoms with Crippen LogP contribution in [-0.2, 0) is 25.2 Å². The Hall–Kier alpha value is -6.22. The number of carbonyl (C=O) groups excluding carboxylic acids is 1. The lowest BCUT2D eigenvalue weighted by atomic mass is 9.76. The number of aromatic nitrogens is 3. The zero-order chi connectivity index (χ0) is 36.3. The maximum absolute atomic E-state index is 14.5. The number of hydrogen-bond donors (Lipinski definition) is 1. The van der Waals surface area contributed by atoms with Crippen molar-refractivity contribution in [1.82, 2.24) is 19.4 Å². The average molecular weight is 697 g/mol. The Morgan fingerprint density at radius 1 is 0.692 bits per heavy atom. The average Bonchev–Trinajstić information content (AvgIpc) is 3.43. The minimum absolute atomic E-state index is 0.236. The van der Waals surface area contributed by atoms with Crippen LogP contribution in [0, 0.1) is 0 Å². The first kappa shape index (κ1) is 34.2. The second-order valence-electron chi connectivity index (χ2n) is 12.7. The molecule has 52 heavy (non-hydrogen) atoms. The highest BCUT2D eigenvalue weighted by molar-refractivity contribution is 5.95. The standard InChI is InChI=1S/C43H35F3N4O2/c1-49-38-28-33(31-14-11-15-32(27-31)40(51)47-26-12-13-30-22-24-37(25-23-30)43(44,45)46)29-48-39(38)50(41(49)52)42(34-16-5-2-6-17-34,35-18-7-3-8-19-35)36-20-9-4-10-21-36/h2-11,14-25,27-29H,12-13,26H2,1H3,(H,47,51). The fraction of sp³-hybridized carbons (Fsp3) is 0.140. The van der Waals surface area contributed by atoms with Crippen molar-refractivity contribution in [2.24, 2.45) is 7.05 Å². The van der Waals surface area contributed by atoms with Gasteiger partial charge in [0.2, 0.25) is 0 Å². The summed E-state index contributed by atoms with van der Waals surface area (Å²) >= 11 is 0. The van der Waals surface area contributed by atoms with Gasteiger partial charge in [0.15, 0.2) is 5.65 Å². The van der Waals surface area contributed by atoms with Gasteiger partial charge < -0.3 is 5.32 Å². The van der Waals surface area contributed by atoms with E-state index in [1.54, 1.807) is 40.6 Å². The van der Waals surface area contributed by atoms with Gasteiger partial charge in [-0.15, -0.1) is 0 Å². The van der Waals surface area contributed by atoms with E-state index < -0.39 is 17.3 Å². The lowest BCUT2D eigenvalue weighted by molar-refractivity contribution is -0.137. The number of nitrogens with zero attached hydrogens (tertiary/aromatic N) is 3. The normalized spacial score (nSPS) is 11.8. The first-order valence-electron chi connectivity index (χ1n) is 17.0. The monoisotopic (exact) mass is 696 g/mol. The van der Waals surface area contributed by atoms with E-state index in [4.69, 9.17) is 4.98 Å². The molecular weight excluding hydrogens is 661 g/mol. The van der Waals surface area contributed by atoms with Gasteiger partial charge in [-0.05, 0) is 71.0 Å². The molecule has 0 spiro atoms. The van der Waals surface area contributed by atoms with Crippen LogP contribution < -0.4 is 11.0 Å². The summed E-state index contributed by atoms with van der Waals surface area (Å²) in [6, 6.07) is 44.1. The zero-order valence-corrected chi connectivity index (χ0v) is 28.3. The number of pyridine rings is 1. The fourth-order valence-corrected chi connectivity index (χ4v) is 6.89. The number of rotatable bonds is 10. The Kier molecular flexibility index (Phi) is 9.34. The quantitative estimate of drug-likeness (QED) is 0.115. The first-order valence-corrected chi connectivity index (χ1v) is 17.0. The van der Waals surface area contributed by atoms with Gasteiger partial charge in [0.1, 0.15) is 5.54 Å². The molecule has 0 aliphatic carbocycles. The number of benzene rings is 5. The molecule has 5 aromatic carbocycles.